The van der Waals surface area contributed by atoms with Crippen LogP contribution in [0.1, 0.15) is 22.8 Å². The molecule has 0 saturated heterocycles. The number of hydrogen-bond donors (Lipinski definition) is 1. The third kappa shape index (κ3) is 0.896. The van der Waals surface area contributed by atoms with Crippen LogP contribution in [0.15, 0.2) is 36.4 Å². The minimum absolute atomic E-state index is 0.200. The fraction of sp³-hybridized carbons (Fsp3) is 0.154. The normalized spacial score (nSPS) is 23.7. The first kappa shape index (κ1) is 8.62. The van der Waals surface area contributed by atoms with Crippen LogP contribution in [0.3, 0.4) is 0 Å². The van der Waals surface area contributed by atoms with E-state index in [4.69, 9.17) is 0 Å². The summed E-state index contributed by atoms with van der Waals surface area (Å²) in [6.45, 7) is 1.56. The van der Waals surface area contributed by atoms with Gasteiger partial charge in [-0.3, -0.25) is 4.79 Å². The Bertz CT molecular complexity index is 577. The molecule has 15 heavy (non-hydrogen) atoms. The van der Waals surface area contributed by atoms with Gasteiger partial charge in [0, 0.05) is 5.56 Å². The molecule has 3 rings (SSSR count). The van der Waals surface area contributed by atoms with E-state index in [1.165, 1.54) is 0 Å². The smallest absolute Gasteiger partial charge is 0.199 e. The molecule has 2 nitrogen and oxygen atoms in total. The van der Waals surface area contributed by atoms with E-state index < -0.39 is 5.60 Å². The predicted molar refractivity (Wildman–Crippen MR) is 57.8 cm³/mol. The number of aliphatic hydroxyl groups is 1. The number of benzene rings is 2. The van der Waals surface area contributed by atoms with Gasteiger partial charge < -0.3 is 5.11 Å². The highest BCUT2D eigenvalue weighted by molar-refractivity contribution is 6.19. The van der Waals surface area contributed by atoms with Crippen molar-refractivity contribution in [2.24, 2.45) is 0 Å². The molecular weight excluding hydrogens is 188 g/mol. The van der Waals surface area contributed by atoms with E-state index in [0.29, 0.717) is 5.56 Å². The zero-order chi connectivity index (χ0) is 10.6. The molecule has 2 aromatic carbocycles. The Morgan fingerprint density at radius 1 is 1.13 bits per heavy atom. The summed E-state index contributed by atoms with van der Waals surface area (Å²) >= 11 is 0. The van der Waals surface area contributed by atoms with Crippen LogP contribution in [-0.4, -0.2) is 10.9 Å². The molecule has 0 fully saturated rings. The first-order valence-corrected chi connectivity index (χ1v) is 4.92. The van der Waals surface area contributed by atoms with Crippen molar-refractivity contribution in [1.29, 1.82) is 0 Å². The standard InChI is InChI=1S/C13H10O2/c1-13(15)10-7-3-5-8-4-2-6-9(11(8)10)12(13)14/h2-7,15H,1H3. The molecule has 1 atom stereocenters. The van der Waals surface area contributed by atoms with E-state index in [-0.39, 0.29) is 5.78 Å². The summed E-state index contributed by atoms with van der Waals surface area (Å²) in [5.74, 6) is -0.200. The molecule has 2 aromatic rings. The molecule has 0 saturated carbocycles. The van der Waals surface area contributed by atoms with Crippen LogP contribution in [0, 0.1) is 0 Å². The third-order valence-corrected chi connectivity index (χ3v) is 3.12. The van der Waals surface area contributed by atoms with Crippen molar-refractivity contribution in [3.63, 3.8) is 0 Å². The molecule has 1 aliphatic carbocycles. The van der Waals surface area contributed by atoms with E-state index in [0.717, 1.165) is 16.3 Å². The Morgan fingerprint density at radius 2 is 1.80 bits per heavy atom. The van der Waals surface area contributed by atoms with Gasteiger partial charge in [-0.2, -0.15) is 0 Å². The van der Waals surface area contributed by atoms with Crippen molar-refractivity contribution in [2.75, 3.05) is 0 Å². The van der Waals surface area contributed by atoms with E-state index in [9.17, 15) is 9.90 Å². The lowest BCUT2D eigenvalue weighted by Crippen LogP contribution is -2.27. The molecule has 2 heteroatoms. The van der Waals surface area contributed by atoms with Gasteiger partial charge in [0.05, 0.1) is 0 Å². The molecule has 1 N–H and O–H groups in total. The van der Waals surface area contributed by atoms with Crippen molar-refractivity contribution in [3.05, 3.63) is 47.5 Å². The number of ketones is 1. The fourth-order valence-electron chi connectivity index (χ4n) is 2.32. The van der Waals surface area contributed by atoms with Crippen molar-refractivity contribution in [2.45, 2.75) is 12.5 Å². The lowest BCUT2D eigenvalue weighted by molar-refractivity contribution is 0.0425. The molecule has 1 aliphatic rings. The van der Waals surface area contributed by atoms with Crippen molar-refractivity contribution in [1.82, 2.24) is 0 Å². The molecule has 0 bridgehead atoms. The minimum Gasteiger partial charge on any atom is -0.377 e. The first-order chi connectivity index (χ1) is 7.12. The summed E-state index contributed by atoms with van der Waals surface area (Å²) in [6.07, 6.45) is 0. The monoisotopic (exact) mass is 198 g/mol. The van der Waals surface area contributed by atoms with E-state index in [1.54, 1.807) is 13.0 Å². The molecule has 1 unspecified atom stereocenters. The van der Waals surface area contributed by atoms with Crippen LogP contribution in [0.5, 0.6) is 0 Å². The van der Waals surface area contributed by atoms with Crippen LogP contribution >= 0.6 is 0 Å². The minimum atomic E-state index is -1.36. The van der Waals surface area contributed by atoms with Crippen molar-refractivity contribution >= 4 is 16.6 Å². The number of rotatable bonds is 0. The Hall–Kier alpha value is -1.67. The highest BCUT2D eigenvalue weighted by atomic mass is 16.3. The highest BCUT2D eigenvalue weighted by Crippen LogP contribution is 2.40. The second kappa shape index (κ2) is 2.47. The van der Waals surface area contributed by atoms with Crippen LogP contribution in [0.25, 0.3) is 10.8 Å². The molecule has 0 aromatic heterocycles. The van der Waals surface area contributed by atoms with Gasteiger partial charge in [0.1, 0.15) is 0 Å². The second-order valence-corrected chi connectivity index (χ2v) is 4.11. The van der Waals surface area contributed by atoms with E-state index >= 15 is 0 Å². The fourth-order valence-corrected chi connectivity index (χ4v) is 2.32. The van der Waals surface area contributed by atoms with Gasteiger partial charge in [0.15, 0.2) is 11.4 Å². The number of hydrogen-bond acceptors (Lipinski definition) is 2. The van der Waals surface area contributed by atoms with Gasteiger partial charge in [0.25, 0.3) is 0 Å². The maximum atomic E-state index is 11.9. The summed E-state index contributed by atoms with van der Waals surface area (Å²) in [5, 5.41) is 12.1. The maximum absolute atomic E-state index is 11.9. The zero-order valence-electron chi connectivity index (χ0n) is 8.32. The highest BCUT2D eigenvalue weighted by Gasteiger charge is 2.41. The SMILES string of the molecule is CC1(O)C(=O)c2cccc3cccc1c23. The summed E-state index contributed by atoms with van der Waals surface area (Å²) in [6, 6.07) is 11.2. The molecule has 0 amide bonds. The van der Waals surface area contributed by atoms with Crippen molar-refractivity contribution < 1.29 is 9.90 Å². The van der Waals surface area contributed by atoms with E-state index in [1.807, 2.05) is 30.3 Å². The quantitative estimate of drug-likeness (QED) is 0.704. The predicted octanol–water partition coefficient (Wildman–Crippen LogP) is 2.24. The van der Waals surface area contributed by atoms with E-state index in [2.05, 4.69) is 0 Å². The molecule has 0 spiro atoms. The number of Topliss-reactive ketones (excluding diaryl/α,β-unsaturated/α-hetero) is 1. The molecule has 0 heterocycles. The lowest BCUT2D eigenvalue weighted by atomic mass is 9.96. The van der Waals surface area contributed by atoms with Crippen LogP contribution < -0.4 is 0 Å². The lowest BCUT2D eigenvalue weighted by Gasteiger charge is -2.15. The van der Waals surface area contributed by atoms with Gasteiger partial charge >= 0.3 is 0 Å². The summed E-state index contributed by atoms with van der Waals surface area (Å²) in [7, 11) is 0. The molecular formula is C13H10O2. The average molecular weight is 198 g/mol. The summed E-state index contributed by atoms with van der Waals surface area (Å²) in [4.78, 5) is 11.9. The average Bonchev–Trinajstić information content (AvgIpc) is 2.43. The summed E-state index contributed by atoms with van der Waals surface area (Å²) < 4.78 is 0. The Balaban J connectivity index is 2.56. The van der Waals surface area contributed by atoms with Crippen LogP contribution in [0.4, 0.5) is 0 Å². The van der Waals surface area contributed by atoms with Gasteiger partial charge in [-0.25, -0.2) is 0 Å². The van der Waals surface area contributed by atoms with Crippen LogP contribution in [-0.2, 0) is 5.60 Å². The topological polar surface area (TPSA) is 37.3 Å². The number of carbonyl (C=O) groups excluding carboxylic acids is 1. The Labute approximate surface area is 87.2 Å². The van der Waals surface area contributed by atoms with Gasteiger partial charge in [-0.15, -0.1) is 0 Å². The van der Waals surface area contributed by atoms with Gasteiger partial charge in [-0.1, -0.05) is 36.4 Å². The first-order valence-electron chi connectivity index (χ1n) is 4.92. The second-order valence-electron chi connectivity index (χ2n) is 4.11. The Morgan fingerprint density at radius 3 is 2.53 bits per heavy atom. The maximum Gasteiger partial charge on any atom is 0.199 e. The van der Waals surface area contributed by atoms with Crippen LogP contribution in [0.2, 0.25) is 0 Å². The zero-order valence-corrected chi connectivity index (χ0v) is 8.32. The third-order valence-electron chi connectivity index (χ3n) is 3.12. The number of carbonyl (C=O) groups is 1. The van der Waals surface area contributed by atoms with Crippen molar-refractivity contribution in [3.8, 4) is 0 Å². The van der Waals surface area contributed by atoms with Gasteiger partial charge in [-0.05, 0) is 23.3 Å². The largest absolute Gasteiger partial charge is 0.377 e. The van der Waals surface area contributed by atoms with Gasteiger partial charge in [0.2, 0.25) is 0 Å². The summed E-state index contributed by atoms with van der Waals surface area (Å²) in [5.41, 5.74) is -0.00266. The molecule has 0 radical (unpaired) electrons. The Kier molecular flexibility index (Phi) is 1.42. The molecule has 0 aliphatic heterocycles. The molecule has 74 valence electrons.